The Kier molecular flexibility index (Phi) is 3.33. The van der Waals surface area contributed by atoms with Gasteiger partial charge in [0.1, 0.15) is 6.04 Å². The predicted molar refractivity (Wildman–Crippen MR) is 76.0 cm³/mol. The van der Waals surface area contributed by atoms with Crippen LogP contribution < -0.4 is 5.73 Å². The summed E-state index contributed by atoms with van der Waals surface area (Å²) in [5.41, 5.74) is 6.87. The zero-order chi connectivity index (χ0) is 14.8. The topological polar surface area (TPSA) is 107 Å². The highest BCUT2D eigenvalue weighted by Crippen LogP contribution is 2.20. The number of nitrogens with zero attached hydrogens (tertiary/aromatic N) is 4. The molecule has 0 aliphatic heterocycles. The molecule has 2 heterocycles. The van der Waals surface area contributed by atoms with Gasteiger partial charge in [0.05, 0.1) is 17.6 Å². The summed E-state index contributed by atoms with van der Waals surface area (Å²) < 4.78 is 1.61. The average molecular weight is 283 g/mol. The molecule has 3 rings (SSSR count). The van der Waals surface area contributed by atoms with Gasteiger partial charge in [0.15, 0.2) is 0 Å². The molecule has 7 heteroatoms. The molecule has 1 atom stereocenters. The summed E-state index contributed by atoms with van der Waals surface area (Å²) in [6.07, 6.45) is 5.31. The van der Waals surface area contributed by atoms with Crippen LogP contribution in [-0.4, -0.2) is 37.1 Å². The number of hydrogen-bond donors (Lipinski definition) is 2. The molecule has 106 valence electrons. The molecule has 0 aliphatic rings. The Morgan fingerprint density at radius 1 is 1.38 bits per heavy atom. The predicted octanol–water partition coefficient (Wildman–Crippen LogP) is 0.770. The number of rotatable bonds is 4. The van der Waals surface area contributed by atoms with Gasteiger partial charge in [-0.05, 0) is 17.5 Å². The molecule has 1 unspecified atom stereocenters. The fourth-order valence-corrected chi connectivity index (χ4v) is 2.12. The largest absolute Gasteiger partial charge is 0.480 e. The van der Waals surface area contributed by atoms with Crippen molar-refractivity contribution < 1.29 is 9.90 Å². The molecule has 0 spiro atoms. The Balaban J connectivity index is 1.97. The van der Waals surface area contributed by atoms with E-state index in [-0.39, 0.29) is 6.42 Å². The monoisotopic (exact) mass is 283 g/mol. The number of benzene rings is 1. The van der Waals surface area contributed by atoms with Crippen LogP contribution in [0, 0.1) is 0 Å². The summed E-state index contributed by atoms with van der Waals surface area (Å²) >= 11 is 0. The summed E-state index contributed by atoms with van der Waals surface area (Å²) in [5.74, 6) is -1.06. The number of carboxylic acids is 1. The molecule has 0 amide bonds. The van der Waals surface area contributed by atoms with Crippen LogP contribution >= 0.6 is 0 Å². The van der Waals surface area contributed by atoms with Crippen LogP contribution in [0.15, 0.2) is 42.9 Å². The zero-order valence-electron chi connectivity index (χ0n) is 11.0. The second-order valence-corrected chi connectivity index (χ2v) is 4.68. The number of carboxylic acid groups (broad SMARTS) is 1. The smallest absolute Gasteiger partial charge is 0.320 e. The quantitative estimate of drug-likeness (QED) is 0.732. The van der Waals surface area contributed by atoms with Gasteiger partial charge in [-0.2, -0.15) is 0 Å². The van der Waals surface area contributed by atoms with E-state index < -0.39 is 12.0 Å². The van der Waals surface area contributed by atoms with Crippen molar-refractivity contribution in [3.05, 3.63) is 48.5 Å². The summed E-state index contributed by atoms with van der Waals surface area (Å²) in [5, 5.41) is 18.8. The number of nitrogens with two attached hydrogens (primary N) is 1. The molecule has 0 radical (unpaired) electrons. The number of hydrogen-bond acceptors (Lipinski definition) is 5. The normalized spacial score (nSPS) is 12.4. The van der Waals surface area contributed by atoms with Gasteiger partial charge in [-0.1, -0.05) is 17.3 Å². The van der Waals surface area contributed by atoms with E-state index in [2.05, 4.69) is 15.3 Å². The van der Waals surface area contributed by atoms with Gasteiger partial charge in [-0.3, -0.25) is 9.78 Å². The highest BCUT2D eigenvalue weighted by atomic mass is 16.4. The number of pyridine rings is 1. The fourth-order valence-electron chi connectivity index (χ4n) is 2.12. The Hall–Kier alpha value is -2.80. The first-order valence-corrected chi connectivity index (χ1v) is 6.38. The highest BCUT2D eigenvalue weighted by molar-refractivity contribution is 5.89. The van der Waals surface area contributed by atoms with Crippen molar-refractivity contribution in [3.63, 3.8) is 0 Å². The van der Waals surface area contributed by atoms with Gasteiger partial charge < -0.3 is 10.8 Å². The van der Waals surface area contributed by atoms with Crippen molar-refractivity contribution >= 4 is 16.7 Å². The average Bonchev–Trinajstić information content (AvgIpc) is 2.95. The standard InChI is InChI=1S/C14H13N5O2/c15-12(14(20)21)6-10-8-19(18-17-10)13-3-1-2-9-4-5-16-7-11(9)13/h1-5,7-8,12H,6,15H2,(H,20,21). The fraction of sp³-hybridized carbons (Fsp3) is 0.143. The van der Waals surface area contributed by atoms with Crippen molar-refractivity contribution in [1.29, 1.82) is 0 Å². The third kappa shape index (κ3) is 2.59. The Morgan fingerprint density at radius 2 is 2.24 bits per heavy atom. The lowest BCUT2D eigenvalue weighted by Crippen LogP contribution is -2.32. The van der Waals surface area contributed by atoms with E-state index in [0.29, 0.717) is 5.69 Å². The number of fused-ring (bicyclic) bond motifs is 1. The van der Waals surface area contributed by atoms with E-state index in [4.69, 9.17) is 10.8 Å². The molecule has 0 saturated heterocycles. The second-order valence-electron chi connectivity index (χ2n) is 4.68. The van der Waals surface area contributed by atoms with E-state index in [1.54, 1.807) is 23.3 Å². The summed E-state index contributed by atoms with van der Waals surface area (Å²) in [4.78, 5) is 14.9. The first-order chi connectivity index (χ1) is 10.1. The van der Waals surface area contributed by atoms with Crippen molar-refractivity contribution in [3.8, 4) is 5.69 Å². The summed E-state index contributed by atoms with van der Waals surface area (Å²) in [7, 11) is 0. The van der Waals surface area contributed by atoms with Gasteiger partial charge in [0.2, 0.25) is 0 Å². The van der Waals surface area contributed by atoms with Crippen LogP contribution in [0.1, 0.15) is 5.69 Å². The minimum absolute atomic E-state index is 0.137. The van der Waals surface area contributed by atoms with Crippen LogP contribution in [0.2, 0.25) is 0 Å². The first-order valence-electron chi connectivity index (χ1n) is 6.38. The molecule has 7 nitrogen and oxygen atoms in total. The Labute approximate surface area is 120 Å². The molecule has 0 saturated carbocycles. The van der Waals surface area contributed by atoms with Crippen LogP contribution in [-0.2, 0) is 11.2 Å². The molecule has 1 aromatic carbocycles. The Morgan fingerprint density at radius 3 is 3.05 bits per heavy atom. The SMILES string of the molecule is NC(Cc1cn(-c2cccc3ccncc23)nn1)C(=O)O. The molecule has 3 aromatic rings. The molecule has 0 bridgehead atoms. The lowest BCUT2D eigenvalue weighted by Gasteiger charge is -2.05. The van der Waals surface area contributed by atoms with Gasteiger partial charge in [0, 0.05) is 24.2 Å². The summed E-state index contributed by atoms with van der Waals surface area (Å²) in [6.45, 7) is 0. The maximum Gasteiger partial charge on any atom is 0.320 e. The maximum absolute atomic E-state index is 10.8. The van der Waals surface area contributed by atoms with Crippen molar-refractivity contribution in [2.45, 2.75) is 12.5 Å². The number of carbonyl (C=O) groups is 1. The van der Waals surface area contributed by atoms with Crippen molar-refractivity contribution in [2.75, 3.05) is 0 Å². The van der Waals surface area contributed by atoms with E-state index in [9.17, 15) is 4.79 Å². The minimum Gasteiger partial charge on any atom is -0.480 e. The molecule has 2 aromatic heterocycles. The highest BCUT2D eigenvalue weighted by Gasteiger charge is 2.15. The van der Waals surface area contributed by atoms with Crippen LogP contribution in [0.25, 0.3) is 16.5 Å². The van der Waals surface area contributed by atoms with Crippen LogP contribution in [0.4, 0.5) is 0 Å². The van der Waals surface area contributed by atoms with Crippen LogP contribution in [0.5, 0.6) is 0 Å². The van der Waals surface area contributed by atoms with Gasteiger partial charge in [-0.25, -0.2) is 4.68 Å². The lowest BCUT2D eigenvalue weighted by molar-refractivity contribution is -0.138. The molecule has 21 heavy (non-hydrogen) atoms. The van der Waals surface area contributed by atoms with E-state index in [0.717, 1.165) is 16.5 Å². The first kappa shape index (κ1) is 13.2. The van der Waals surface area contributed by atoms with Crippen LogP contribution in [0.3, 0.4) is 0 Å². The molecular formula is C14H13N5O2. The third-order valence-corrected chi connectivity index (χ3v) is 3.19. The summed E-state index contributed by atoms with van der Waals surface area (Å²) in [6, 6.07) is 6.74. The molecule has 0 fully saturated rings. The molecular weight excluding hydrogens is 270 g/mol. The second kappa shape index (κ2) is 5.29. The van der Waals surface area contributed by atoms with Gasteiger partial charge >= 0.3 is 5.97 Å². The molecule has 0 aliphatic carbocycles. The maximum atomic E-state index is 10.8. The van der Waals surface area contributed by atoms with E-state index in [1.807, 2.05) is 24.3 Å². The van der Waals surface area contributed by atoms with E-state index >= 15 is 0 Å². The lowest BCUT2D eigenvalue weighted by atomic mass is 10.1. The van der Waals surface area contributed by atoms with Crippen molar-refractivity contribution in [1.82, 2.24) is 20.0 Å². The third-order valence-electron chi connectivity index (χ3n) is 3.19. The van der Waals surface area contributed by atoms with Crippen molar-refractivity contribution in [2.24, 2.45) is 5.73 Å². The molecule has 3 N–H and O–H groups in total. The van der Waals surface area contributed by atoms with Gasteiger partial charge in [0.25, 0.3) is 0 Å². The number of aliphatic carboxylic acids is 1. The van der Waals surface area contributed by atoms with Gasteiger partial charge in [-0.15, -0.1) is 5.10 Å². The zero-order valence-corrected chi connectivity index (χ0v) is 11.0. The number of aromatic nitrogens is 4. The minimum atomic E-state index is -1.06. The Bertz CT molecular complexity index is 793. The van der Waals surface area contributed by atoms with E-state index in [1.165, 1.54) is 0 Å².